The van der Waals surface area contributed by atoms with Gasteiger partial charge < -0.3 is 12.4 Å². The van der Waals surface area contributed by atoms with Crippen LogP contribution in [0.4, 0.5) is 0 Å². The van der Waals surface area contributed by atoms with Crippen LogP contribution in [0.3, 0.4) is 0 Å². The molecule has 0 bridgehead atoms. The van der Waals surface area contributed by atoms with E-state index in [1.54, 1.807) is 0 Å². The van der Waals surface area contributed by atoms with Gasteiger partial charge in [-0.15, -0.1) is 0 Å². The Balaban J connectivity index is 0. The van der Waals surface area contributed by atoms with E-state index in [4.69, 9.17) is 5.84 Å². The summed E-state index contributed by atoms with van der Waals surface area (Å²) in [7, 11) is 0. The van der Waals surface area contributed by atoms with Crippen molar-refractivity contribution < 1.29 is 17.3 Å². The van der Waals surface area contributed by atoms with Crippen LogP contribution < -0.4 is 18.2 Å². The van der Waals surface area contributed by atoms with Gasteiger partial charge in [0, 0.05) is 5.92 Å². The van der Waals surface area contributed by atoms with Gasteiger partial charge in [0.25, 0.3) is 0 Å². The second kappa shape index (κ2) is 5.82. The Hall–Kier alpha value is -0.310. The fourth-order valence-corrected chi connectivity index (χ4v) is 0.436. The van der Waals surface area contributed by atoms with E-state index < -0.39 is 0 Å². The molecule has 0 saturated heterocycles. The summed E-state index contributed by atoms with van der Waals surface area (Å²) < 4.78 is 0. The van der Waals surface area contributed by atoms with Crippen molar-refractivity contribution in [2.45, 2.75) is 20.3 Å². The molecule has 0 saturated carbocycles. The standard InChI is InChI=1S/C5H13N2O.ClH/c1-3-5(2)4-7(6)8;/h5H,3-4H2,1-2H3,(H2,6,8);1H/q+1;/p-1. The normalized spacial score (nSPS) is 11.8. The summed E-state index contributed by atoms with van der Waals surface area (Å²) >= 11 is 0. The van der Waals surface area contributed by atoms with Crippen molar-refractivity contribution in [1.82, 2.24) is 0 Å². The molecule has 1 unspecified atom stereocenters. The van der Waals surface area contributed by atoms with Crippen LogP contribution in [0.1, 0.15) is 20.3 Å². The van der Waals surface area contributed by atoms with Crippen LogP contribution >= 0.6 is 0 Å². The van der Waals surface area contributed by atoms with E-state index in [0.29, 0.717) is 17.3 Å². The number of nitrogens with two attached hydrogens (primary N) is 1. The Bertz CT molecular complexity index is 87.0. The second-order valence-corrected chi connectivity index (χ2v) is 2.11. The van der Waals surface area contributed by atoms with Crippen LogP contribution in [0.25, 0.3) is 0 Å². The van der Waals surface area contributed by atoms with E-state index in [-0.39, 0.29) is 12.4 Å². The molecule has 1 atom stereocenters. The van der Waals surface area contributed by atoms with Crippen molar-refractivity contribution >= 4 is 0 Å². The van der Waals surface area contributed by atoms with Gasteiger partial charge in [0.05, 0.1) is 4.91 Å². The number of nitrogens with zero attached hydrogens (tertiary/aromatic N) is 1. The average molecular weight is 153 g/mol. The Kier molecular flexibility index (Phi) is 7.43. The molecule has 0 aliphatic carbocycles. The first kappa shape index (κ1) is 11.5. The molecule has 2 N–H and O–H groups in total. The van der Waals surface area contributed by atoms with E-state index >= 15 is 0 Å². The number of hydrogen-bond donors (Lipinski definition) is 1. The van der Waals surface area contributed by atoms with Gasteiger partial charge in [-0.2, -0.15) is 5.84 Å². The summed E-state index contributed by atoms with van der Waals surface area (Å²) in [4.78, 5) is 10.6. The van der Waals surface area contributed by atoms with Crippen molar-refractivity contribution in [2.75, 3.05) is 6.54 Å². The number of rotatable bonds is 3. The molecule has 0 aliphatic rings. The molecule has 0 spiro atoms. The molecule has 0 radical (unpaired) electrons. The minimum absolute atomic E-state index is 0. The molecular formula is C5H13ClN2O. The molecule has 9 heavy (non-hydrogen) atoms. The molecule has 0 amide bonds. The van der Waals surface area contributed by atoms with Crippen LogP contribution in [-0.4, -0.2) is 11.4 Å². The highest BCUT2D eigenvalue weighted by molar-refractivity contribution is 4.42. The lowest BCUT2D eigenvalue weighted by Gasteiger charge is -1.95. The molecule has 0 aromatic carbocycles. The van der Waals surface area contributed by atoms with Crippen LogP contribution in [0.5, 0.6) is 0 Å². The quantitative estimate of drug-likeness (QED) is 0.281. The number of halogens is 1. The van der Waals surface area contributed by atoms with Crippen LogP contribution in [0, 0.1) is 10.8 Å². The van der Waals surface area contributed by atoms with Crippen LogP contribution in [-0.2, 0) is 0 Å². The van der Waals surface area contributed by atoms with Gasteiger partial charge >= 0.3 is 0 Å². The summed E-state index contributed by atoms with van der Waals surface area (Å²) in [6.45, 7) is 4.47. The third-order valence-corrected chi connectivity index (χ3v) is 1.19. The molecule has 56 valence electrons. The largest absolute Gasteiger partial charge is 1.00 e. The highest BCUT2D eigenvalue weighted by Gasteiger charge is 2.07. The van der Waals surface area contributed by atoms with Crippen molar-refractivity contribution in [1.29, 1.82) is 0 Å². The first-order chi connectivity index (χ1) is 3.66. The SMILES string of the molecule is CCC(C)C[N+](N)=O.[Cl-]. The van der Waals surface area contributed by atoms with E-state index in [1.165, 1.54) is 0 Å². The number of hydrazine groups is 1. The minimum atomic E-state index is 0. The predicted octanol–water partition coefficient (Wildman–Crippen LogP) is -2.31. The van der Waals surface area contributed by atoms with Crippen molar-refractivity contribution in [3.63, 3.8) is 0 Å². The lowest BCUT2D eigenvalue weighted by Crippen LogP contribution is -3.00. The Morgan fingerprint density at radius 3 is 2.22 bits per heavy atom. The van der Waals surface area contributed by atoms with Gasteiger partial charge in [0.1, 0.15) is 4.87 Å². The maximum atomic E-state index is 10.1. The van der Waals surface area contributed by atoms with Gasteiger partial charge in [0.15, 0.2) is 0 Å². The van der Waals surface area contributed by atoms with Crippen molar-refractivity contribution in [3.05, 3.63) is 4.91 Å². The van der Waals surface area contributed by atoms with Crippen LogP contribution in [0.15, 0.2) is 0 Å². The minimum Gasteiger partial charge on any atom is -1.00 e. The van der Waals surface area contributed by atoms with E-state index in [9.17, 15) is 4.91 Å². The lowest BCUT2D eigenvalue weighted by molar-refractivity contribution is -0.566. The number of hydrogen-bond acceptors (Lipinski definition) is 1. The first-order valence-electron chi connectivity index (χ1n) is 2.86. The molecular weight excluding hydrogens is 140 g/mol. The molecule has 4 heteroatoms. The molecule has 0 aromatic heterocycles. The van der Waals surface area contributed by atoms with E-state index in [1.807, 2.05) is 13.8 Å². The van der Waals surface area contributed by atoms with Crippen LogP contribution in [0.2, 0.25) is 0 Å². The first-order valence-corrected chi connectivity index (χ1v) is 2.86. The fraction of sp³-hybridized carbons (Fsp3) is 1.00. The zero-order chi connectivity index (χ0) is 6.57. The zero-order valence-electron chi connectivity index (χ0n) is 5.80. The summed E-state index contributed by atoms with van der Waals surface area (Å²) in [6.07, 6.45) is 1.01. The van der Waals surface area contributed by atoms with Gasteiger partial charge in [-0.1, -0.05) is 13.8 Å². The molecule has 0 aromatic rings. The van der Waals surface area contributed by atoms with Gasteiger partial charge in [-0.05, 0) is 6.42 Å². The highest BCUT2D eigenvalue weighted by Crippen LogP contribution is 1.97. The third kappa shape index (κ3) is 7.69. The summed E-state index contributed by atoms with van der Waals surface area (Å²) in [5.41, 5.74) is 0. The summed E-state index contributed by atoms with van der Waals surface area (Å²) in [5, 5.41) is 0. The number of nitroso groups, excluding NO2 is 1. The summed E-state index contributed by atoms with van der Waals surface area (Å²) in [6, 6.07) is 0. The van der Waals surface area contributed by atoms with Crippen molar-refractivity contribution in [2.24, 2.45) is 11.8 Å². The monoisotopic (exact) mass is 152 g/mol. The molecule has 0 rings (SSSR count). The third-order valence-electron chi connectivity index (χ3n) is 1.19. The summed E-state index contributed by atoms with van der Waals surface area (Å²) in [5.74, 6) is 5.26. The zero-order valence-corrected chi connectivity index (χ0v) is 6.56. The Morgan fingerprint density at radius 2 is 2.11 bits per heavy atom. The Morgan fingerprint density at radius 1 is 1.67 bits per heavy atom. The molecule has 0 aliphatic heterocycles. The second-order valence-electron chi connectivity index (χ2n) is 2.11. The molecule has 3 nitrogen and oxygen atoms in total. The van der Waals surface area contributed by atoms with Gasteiger partial charge in [-0.25, -0.2) is 0 Å². The van der Waals surface area contributed by atoms with Gasteiger partial charge in [0.2, 0.25) is 6.54 Å². The van der Waals surface area contributed by atoms with E-state index in [2.05, 4.69) is 0 Å². The van der Waals surface area contributed by atoms with E-state index in [0.717, 1.165) is 6.42 Å². The van der Waals surface area contributed by atoms with Crippen molar-refractivity contribution in [3.8, 4) is 0 Å². The lowest BCUT2D eigenvalue weighted by atomic mass is 10.1. The molecule has 0 fully saturated rings. The maximum Gasteiger partial charge on any atom is 0.227 e. The van der Waals surface area contributed by atoms with Gasteiger partial charge in [-0.3, -0.25) is 0 Å². The maximum absolute atomic E-state index is 10.1. The average Bonchev–Trinajstić information content (AvgIpc) is 1.65. The Labute approximate surface area is 61.6 Å². The molecule has 0 heterocycles. The highest BCUT2D eigenvalue weighted by atomic mass is 35.5. The smallest absolute Gasteiger partial charge is 0.227 e. The predicted molar refractivity (Wildman–Crippen MR) is 32.1 cm³/mol. The fourth-order valence-electron chi connectivity index (χ4n) is 0.436. The topological polar surface area (TPSA) is 46.1 Å².